The van der Waals surface area contributed by atoms with Crippen molar-refractivity contribution in [2.24, 2.45) is 7.05 Å². The summed E-state index contributed by atoms with van der Waals surface area (Å²) in [4.78, 5) is 2.51. The monoisotopic (exact) mass is 310 g/mol. The van der Waals surface area contributed by atoms with Gasteiger partial charge >= 0.3 is 0 Å². The zero-order valence-electron chi connectivity index (χ0n) is 10.7. The minimum absolute atomic E-state index is 0.901. The number of hydrogen-bond acceptors (Lipinski definition) is 3. The standard InChI is InChI=1S/C13H19BrN4/c1-17-10(9-18-6-4-15-5-7-18)8-11-12(14)2-3-16-13(11)17/h2,8,15-16H,3-7,9H2,1H3. The molecule has 0 aliphatic carbocycles. The molecule has 0 spiro atoms. The van der Waals surface area contributed by atoms with E-state index in [1.165, 1.54) is 21.6 Å². The number of halogens is 1. The van der Waals surface area contributed by atoms with Gasteiger partial charge in [-0.15, -0.1) is 0 Å². The van der Waals surface area contributed by atoms with Crippen LogP contribution in [0.4, 0.5) is 5.82 Å². The van der Waals surface area contributed by atoms with Gasteiger partial charge in [-0.25, -0.2) is 0 Å². The molecule has 0 radical (unpaired) electrons. The second-order valence-corrected chi connectivity index (χ2v) is 5.77. The normalized spacial score (nSPS) is 20.2. The fraction of sp³-hybridized carbons (Fsp3) is 0.538. The smallest absolute Gasteiger partial charge is 0.114 e. The van der Waals surface area contributed by atoms with Crippen LogP contribution in [0.15, 0.2) is 12.1 Å². The Balaban J connectivity index is 1.82. The van der Waals surface area contributed by atoms with E-state index in [1.54, 1.807) is 0 Å². The van der Waals surface area contributed by atoms with Crippen molar-refractivity contribution in [1.29, 1.82) is 0 Å². The Morgan fingerprint density at radius 1 is 1.33 bits per heavy atom. The Labute approximate surface area is 116 Å². The number of piperazine rings is 1. The summed E-state index contributed by atoms with van der Waals surface area (Å²) in [5, 5.41) is 6.84. The van der Waals surface area contributed by atoms with Gasteiger partial charge in [0.1, 0.15) is 5.82 Å². The summed E-state index contributed by atoms with van der Waals surface area (Å²) in [5.74, 6) is 1.23. The molecule has 18 heavy (non-hydrogen) atoms. The molecule has 5 heteroatoms. The average molecular weight is 311 g/mol. The maximum atomic E-state index is 3.64. The number of anilines is 1. The molecule has 2 N–H and O–H groups in total. The number of aromatic nitrogens is 1. The van der Waals surface area contributed by atoms with E-state index >= 15 is 0 Å². The Kier molecular flexibility index (Phi) is 3.46. The molecule has 0 bridgehead atoms. The van der Waals surface area contributed by atoms with Crippen LogP contribution in [0, 0.1) is 0 Å². The quantitative estimate of drug-likeness (QED) is 0.870. The lowest BCUT2D eigenvalue weighted by Gasteiger charge is -2.27. The third kappa shape index (κ3) is 2.22. The summed E-state index contributed by atoms with van der Waals surface area (Å²) in [6.45, 7) is 6.42. The Hall–Kier alpha value is -0.780. The predicted molar refractivity (Wildman–Crippen MR) is 79.0 cm³/mol. The molecule has 3 rings (SSSR count). The van der Waals surface area contributed by atoms with Gasteiger partial charge in [0.2, 0.25) is 0 Å². The van der Waals surface area contributed by atoms with E-state index in [0.717, 1.165) is 39.3 Å². The Morgan fingerprint density at radius 3 is 2.83 bits per heavy atom. The number of fused-ring (bicyclic) bond motifs is 1. The minimum atomic E-state index is 0.901. The van der Waals surface area contributed by atoms with E-state index in [1.807, 2.05) is 0 Å². The first-order valence-corrected chi connectivity index (χ1v) is 7.26. The van der Waals surface area contributed by atoms with E-state index in [0.29, 0.717) is 0 Å². The fourth-order valence-electron chi connectivity index (χ4n) is 2.65. The highest BCUT2D eigenvalue weighted by Gasteiger charge is 2.19. The molecule has 1 saturated heterocycles. The zero-order valence-corrected chi connectivity index (χ0v) is 12.3. The van der Waals surface area contributed by atoms with Gasteiger partial charge in [-0.2, -0.15) is 0 Å². The highest BCUT2D eigenvalue weighted by atomic mass is 79.9. The van der Waals surface area contributed by atoms with Gasteiger partial charge in [-0.3, -0.25) is 4.90 Å². The number of nitrogens with zero attached hydrogens (tertiary/aromatic N) is 2. The van der Waals surface area contributed by atoms with Crippen molar-refractivity contribution in [1.82, 2.24) is 14.8 Å². The van der Waals surface area contributed by atoms with E-state index < -0.39 is 0 Å². The lowest BCUT2D eigenvalue weighted by molar-refractivity contribution is 0.229. The molecule has 98 valence electrons. The van der Waals surface area contributed by atoms with Crippen molar-refractivity contribution in [2.75, 3.05) is 38.0 Å². The highest BCUT2D eigenvalue weighted by Crippen LogP contribution is 2.34. The Bertz CT molecular complexity index is 472. The zero-order chi connectivity index (χ0) is 12.5. The molecule has 1 aromatic heterocycles. The highest BCUT2D eigenvalue weighted by molar-refractivity contribution is 9.15. The molecule has 0 saturated carbocycles. The predicted octanol–water partition coefficient (Wildman–Crippen LogP) is 1.59. The summed E-state index contributed by atoms with van der Waals surface area (Å²) in [6.07, 6.45) is 2.18. The molecule has 1 aromatic rings. The first-order chi connectivity index (χ1) is 8.75. The maximum absolute atomic E-state index is 3.64. The van der Waals surface area contributed by atoms with Crippen LogP contribution in [-0.2, 0) is 13.6 Å². The molecule has 3 heterocycles. The van der Waals surface area contributed by atoms with Gasteiger partial charge < -0.3 is 15.2 Å². The third-order valence-corrected chi connectivity index (χ3v) is 4.49. The fourth-order valence-corrected chi connectivity index (χ4v) is 3.11. The van der Waals surface area contributed by atoms with E-state index in [4.69, 9.17) is 0 Å². The topological polar surface area (TPSA) is 32.2 Å². The third-order valence-electron chi connectivity index (χ3n) is 3.74. The van der Waals surface area contributed by atoms with Crippen LogP contribution in [0.2, 0.25) is 0 Å². The van der Waals surface area contributed by atoms with Crippen LogP contribution in [0.1, 0.15) is 11.3 Å². The number of rotatable bonds is 2. The van der Waals surface area contributed by atoms with Gasteiger partial charge in [-0.05, 0) is 6.07 Å². The average Bonchev–Trinajstić information content (AvgIpc) is 2.70. The summed E-state index contributed by atoms with van der Waals surface area (Å²) >= 11 is 3.64. The van der Waals surface area contributed by atoms with Gasteiger partial charge in [0.15, 0.2) is 0 Å². The van der Waals surface area contributed by atoms with E-state index in [2.05, 4.69) is 55.2 Å². The molecule has 4 nitrogen and oxygen atoms in total. The molecule has 0 aromatic carbocycles. The summed E-state index contributed by atoms with van der Waals surface area (Å²) in [5.41, 5.74) is 2.66. The number of hydrogen-bond donors (Lipinski definition) is 2. The van der Waals surface area contributed by atoms with E-state index in [9.17, 15) is 0 Å². The van der Waals surface area contributed by atoms with Gasteiger partial charge in [-0.1, -0.05) is 22.0 Å². The molecule has 2 aliphatic heterocycles. The van der Waals surface area contributed by atoms with Crippen LogP contribution in [-0.4, -0.2) is 42.2 Å². The molecule has 1 fully saturated rings. The maximum Gasteiger partial charge on any atom is 0.114 e. The second-order valence-electron chi connectivity index (χ2n) is 4.92. The van der Waals surface area contributed by atoms with Crippen molar-refractivity contribution in [3.63, 3.8) is 0 Å². The largest absolute Gasteiger partial charge is 0.367 e. The lowest BCUT2D eigenvalue weighted by Crippen LogP contribution is -2.43. The molecule has 2 aliphatic rings. The van der Waals surface area contributed by atoms with E-state index in [-0.39, 0.29) is 0 Å². The van der Waals surface area contributed by atoms with Crippen LogP contribution >= 0.6 is 15.9 Å². The van der Waals surface area contributed by atoms with Crippen LogP contribution in [0.25, 0.3) is 4.48 Å². The van der Waals surface area contributed by atoms with Gasteiger partial charge in [0.05, 0.1) is 0 Å². The van der Waals surface area contributed by atoms with Crippen molar-refractivity contribution in [2.45, 2.75) is 6.54 Å². The summed E-state index contributed by atoms with van der Waals surface area (Å²) in [6, 6.07) is 2.30. The minimum Gasteiger partial charge on any atom is -0.367 e. The number of nitrogens with one attached hydrogen (secondary N) is 2. The van der Waals surface area contributed by atoms with Crippen molar-refractivity contribution < 1.29 is 0 Å². The van der Waals surface area contributed by atoms with Crippen molar-refractivity contribution in [3.8, 4) is 0 Å². The van der Waals surface area contributed by atoms with Crippen molar-refractivity contribution in [3.05, 3.63) is 23.4 Å². The molecular formula is C13H19BrN4. The van der Waals surface area contributed by atoms with Crippen LogP contribution in [0.3, 0.4) is 0 Å². The van der Waals surface area contributed by atoms with Crippen molar-refractivity contribution >= 4 is 26.2 Å². The molecule has 0 unspecified atom stereocenters. The summed E-state index contributed by atoms with van der Waals surface area (Å²) in [7, 11) is 2.15. The molecular weight excluding hydrogens is 292 g/mol. The SMILES string of the molecule is Cn1c(CN2CCNCC2)cc2c1NCC=C2Br. The first kappa shape index (κ1) is 12.3. The second kappa shape index (κ2) is 5.07. The molecule has 0 atom stereocenters. The van der Waals surface area contributed by atoms with Gasteiger partial charge in [0, 0.05) is 62.1 Å². The first-order valence-electron chi connectivity index (χ1n) is 6.47. The van der Waals surface area contributed by atoms with Crippen LogP contribution < -0.4 is 10.6 Å². The molecule has 0 amide bonds. The summed E-state index contributed by atoms with van der Waals surface area (Å²) < 4.78 is 3.49. The lowest BCUT2D eigenvalue weighted by atomic mass is 10.2. The van der Waals surface area contributed by atoms with Crippen LogP contribution in [0.5, 0.6) is 0 Å². The Morgan fingerprint density at radius 2 is 2.11 bits per heavy atom. The van der Waals surface area contributed by atoms with Gasteiger partial charge in [0.25, 0.3) is 0 Å².